The molecule has 0 bridgehead atoms. The van der Waals surface area contributed by atoms with Crippen molar-refractivity contribution < 1.29 is 19.1 Å². The highest BCUT2D eigenvalue weighted by atomic mass is 16.5. The first-order valence-corrected chi connectivity index (χ1v) is 8.82. The third-order valence-electron chi connectivity index (χ3n) is 4.83. The average Bonchev–Trinajstić information content (AvgIpc) is 3.47. The fourth-order valence-corrected chi connectivity index (χ4v) is 3.20. The third kappa shape index (κ3) is 3.30. The Bertz CT molecular complexity index is 911. The van der Waals surface area contributed by atoms with E-state index < -0.39 is 5.97 Å². The van der Waals surface area contributed by atoms with E-state index in [1.54, 1.807) is 13.2 Å². The second kappa shape index (κ2) is 6.86. The van der Waals surface area contributed by atoms with Gasteiger partial charge in [0.2, 0.25) is 5.91 Å². The number of benzene rings is 1. The van der Waals surface area contributed by atoms with Crippen molar-refractivity contribution in [3.63, 3.8) is 0 Å². The molecule has 0 saturated heterocycles. The summed E-state index contributed by atoms with van der Waals surface area (Å²) in [6.45, 7) is 0.675. The maximum absolute atomic E-state index is 12.2. The van der Waals surface area contributed by atoms with Gasteiger partial charge in [0.05, 0.1) is 19.9 Å². The highest BCUT2D eigenvalue weighted by Crippen LogP contribution is 2.39. The Morgan fingerprint density at radius 3 is 2.67 bits per heavy atom. The molecule has 1 fully saturated rings. The van der Waals surface area contributed by atoms with Gasteiger partial charge in [-0.1, -0.05) is 6.07 Å². The Kier molecular flexibility index (Phi) is 4.39. The minimum atomic E-state index is -0.575. The first-order valence-electron chi connectivity index (χ1n) is 8.82. The van der Waals surface area contributed by atoms with Gasteiger partial charge in [-0.25, -0.2) is 4.79 Å². The van der Waals surface area contributed by atoms with Crippen LogP contribution in [0.4, 0.5) is 17.2 Å². The van der Waals surface area contributed by atoms with E-state index in [2.05, 4.69) is 15.5 Å². The van der Waals surface area contributed by atoms with Crippen LogP contribution in [-0.4, -0.2) is 42.8 Å². The predicted molar refractivity (Wildman–Crippen MR) is 98.4 cm³/mol. The molecule has 0 radical (unpaired) electrons. The van der Waals surface area contributed by atoms with E-state index in [1.807, 2.05) is 23.1 Å². The Labute approximate surface area is 156 Å². The van der Waals surface area contributed by atoms with Crippen molar-refractivity contribution in [1.29, 1.82) is 0 Å². The number of rotatable bonds is 5. The van der Waals surface area contributed by atoms with Gasteiger partial charge in [-0.2, -0.15) is 0 Å². The van der Waals surface area contributed by atoms with Crippen molar-refractivity contribution in [3.05, 3.63) is 35.5 Å². The van der Waals surface area contributed by atoms with E-state index in [1.165, 1.54) is 7.11 Å². The monoisotopic (exact) mass is 368 g/mol. The summed E-state index contributed by atoms with van der Waals surface area (Å²) >= 11 is 0. The van der Waals surface area contributed by atoms with Crippen molar-refractivity contribution in [2.45, 2.75) is 19.3 Å². The van der Waals surface area contributed by atoms with Gasteiger partial charge in [0.15, 0.2) is 11.5 Å². The summed E-state index contributed by atoms with van der Waals surface area (Å²) in [7, 11) is 2.91. The highest BCUT2D eigenvalue weighted by molar-refractivity contribution is 5.97. The minimum absolute atomic E-state index is 0.0484. The molecule has 1 aliphatic heterocycles. The van der Waals surface area contributed by atoms with E-state index in [9.17, 15) is 9.59 Å². The van der Waals surface area contributed by atoms with Gasteiger partial charge in [-0.3, -0.25) is 4.79 Å². The first-order chi connectivity index (χ1) is 13.1. The molecule has 0 atom stereocenters. The molecule has 1 amide bonds. The molecule has 1 aromatic carbocycles. The van der Waals surface area contributed by atoms with E-state index in [0.717, 1.165) is 36.3 Å². The zero-order valence-electron chi connectivity index (χ0n) is 15.2. The number of ether oxygens (including phenoxy) is 2. The Balaban J connectivity index is 1.74. The Morgan fingerprint density at radius 1 is 1.15 bits per heavy atom. The summed E-state index contributed by atoms with van der Waals surface area (Å²) in [5.41, 5.74) is 2.74. The maximum Gasteiger partial charge on any atom is 0.360 e. The van der Waals surface area contributed by atoms with Gasteiger partial charge < -0.3 is 19.7 Å². The normalized spacial score (nSPS) is 15.3. The lowest BCUT2D eigenvalue weighted by Crippen LogP contribution is -2.21. The molecule has 1 aliphatic carbocycles. The summed E-state index contributed by atoms with van der Waals surface area (Å²) < 4.78 is 10.2. The number of hydrogen-bond acceptors (Lipinski definition) is 7. The Morgan fingerprint density at radius 2 is 1.96 bits per heavy atom. The molecular weight excluding hydrogens is 348 g/mol. The van der Waals surface area contributed by atoms with Crippen LogP contribution in [0.5, 0.6) is 5.75 Å². The van der Waals surface area contributed by atoms with Crippen molar-refractivity contribution in [1.82, 2.24) is 10.2 Å². The summed E-state index contributed by atoms with van der Waals surface area (Å²) in [5, 5.41) is 10.8. The predicted octanol–water partition coefficient (Wildman–Crippen LogP) is 2.31. The summed E-state index contributed by atoms with van der Waals surface area (Å²) in [5.74, 6) is 0.459. The van der Waals surface area contributed by atoms with Crippen LogP contribution >= 0.6 is 0 Å². The standard InChI is InChI=1S/C19H20N4O4/c1-26-13-6-5-11-7-8-23(14(11)9-13)15-10-16(20-18(24)12-3-4-12)21-22-17(15)19(25)27-2/h5-6,9-10,12H,3-4,7-8H2,1-2H3,(H,20,21,24). The number of nitrogens with zero attached hydrogens (tertiary/aromatic N) is 3. The van der Waals surface area contributed by atoms with Crippen molar-refractivity contribution in [2.24, 2.45) is 5.92 Å². The third-order valence-corrected chi connectivity index (χ3v) is 4.83. The molecule has 0 unspecified atom stereocenters. The van der Waals surface area contributed by atoms with Gasteiger partial charge in [0.25, 0.3) is 0 Å². The number of esters is 1. The molecule has 27 heavy (non-hydrogen) atoms. The number of anilines is 3. The number of fused-ring (bicyclic) bond motifs is 1. The molecule has 8 heteroatoms. The molecule has 4 rings (SSSR count). The molecule has 2 aromatic rings. The minimum Gasteiger partial charge on any atom is -0.497 e. The number of amides is 1. The molecule has 140 valence electrons. The quantitative estimate of drug-likeness (QED) is 0.810. The molecule has 1 saturated carbocycles. The number of carbonyl (C=O) groups excluding carboxylic acids is 2. The summed E-state index contributed by atoms with van der Waals surface area (Å²) in [4.78, 5) is 26.3. The fourth-order valence-electron chi connectivity index (χ4n) is 3.20. The fraction of sp³-hybridized carbons (Fsp3) is 0.368. The van der Waals surface area contributed by atoms with Crippen LogP contribution < -0.4 is 15.0 Å². The summed E-state index contributed by atoms with van der Waals surface area (Å²) in [6.07, 6.45) is 2.61. The maximum atomic E-state index is 12.2. The van der Waals surface area contributed by atoms with Crippen LogP contribution in [0.15, 0.2) is 24.3 Å². The zero-order chi connectivity index (χ0) is 19.0. The first kappa shape index (κ1) is 17.3. The van der Waals surface area contributed by atoms with E-state index in [-0.39, 0.29) is 17.5 Å². The molecule has 0 spiro atoms. The molecule has 1 aromatic heterocycles. The number of aromatic nitrogens is 2. The topological polar surface area (TPSA) is 93.7 Å². The van der Waals surface area contributed by atoms with Crippen molar-refractivity contribution in [3.8, 4) is 5.75 Å². The van der Waals surface area contributed by atoms with Gasteiger partial charge in [-0.15, -0.1) is 10.2 Å². The van der Waals surface area contributed by atoms with Crippen LogP contribution in [0.1, 0.15) is 28.9 Å². The molecule has 2 aliphatic rings. The van der Waals surface area contributed by atoms with E-state index >= 15 is 0 Å². The van der Waals surface area contributed by atoms with E-state index in [4.69, 9.17) is 9.47 Å². The van der Waals surface area contributed by atoms with Crippen molar-refractivity contribution >= 4 is 29.1 Å². The van der Waals surface area contributed by atoms with Gasteiger partial charge >= 0.3 is 5.97 Å². The zero-order valence-corrected chi connectivity index (χ0v) is 15.2. The SMILES string of the molecule is COC(=O)c1nnc(NC(=O)C2CC2)cc1N1CCc2ccc(OC)cc21. The van der Waals surface area contributed by atoms with Gasteiger partial charge in [-0.05, 0) is 30.9 Å². The average molecular weight is 368 g/mol. The lowest BCUT2D eigenvalue weighted by molar-refractivity contribution is -0.117. The molecular formula is C19H20N4O4. The number of nitrogens with one attached hydrogen (secondary N) is 1. The highest BCUT2D eigenvalue weighted by Gasteiger charge is 2.31. The van der Waals surface area contributed by atoms with E-state index in [0.29, 0.717) is 18.1 Å². The lowest BCUT2D eigenvalue weighted by atomic mass is 10.1. The van der Waals surface area contributed by atoms with Crippen LogP contribution in [0.2, 0.25) is 0 Å². The second-order valence-corrected chi connectivity index (χ2v) is 6.61. The van der Waals surface area contributed by atoms with Crippen molar-refractivity contribution in [2.75, 3.05) is 31.0 Å². The lowest BCUT2D eigenvalue weighted by Gasteiger charge is -2.22. The van der Waals surface area contributed by atoms with Crippen LogP contribution in [0.25, 0.3) is 0 Å². The number of carbonyl (C=O) groups is 2. The van der Waals surface area contributed by atoms with Crippen LogP contribution in [0, 0.1) is 5.92 Å². The largest absolute Gasteiger partial charge is 0.497 e. The van der Waals surface area contributed by atoms with Crippen LogP contribution in [0.3, 0.4) is 0 Å². The van der Waals surface area contributed by atoms with Crippen LogP contribution in [-0.2, 0) is 16.0 Å². The smallest absolute Gasteiger partial charge is 0.360 e. The molecule has 1 N–H and O–H groups in total. The summed E-state index contributed by atoms with van der Waals surface area (Å²) in [6, 6.07) is 7.52. The molecule has 2 heterocycles. The molecule has 8 nitrogen and oxygen atoms in total. The number of methoxy groups -OCH3 is 2. The van der Waals surface area contributed by atoms with Gasteiger partial charge in [0, 0.05) is 30.3 Å². The van der Waals surface area contributed by atoms with Gasteiger partial charge in [0.1, 0.15) is 5.75 Å². The Hall–Kier alpha value is -3.16. The number of hydrogen-bond donors (Lipinski definition) is 1. The second-order valence-electron chi connectivity index (χ2n) is 6.61.